The molecule has 0 N–H and O–H groups in total. The number of hydrogen-bond donors (Lipinski definition) is 0. The van der Waals surface area contributed by atoms with Gasteiger partial charge in [0.1, 0.15) is 0 Å². The van der Waals surface area contributed by atoms with Crippen molar-refractivity contribution in [2.75, 3.05) is 9.80 Å². The maximum absolute atomic E-state index is 2.39. The molecule has 0 aliphatic heterocycles. The number of anilines is 6. The first-order valence-corrected chi connectivity index (χ1v) is 22.5. The Balaban J connectivity index is 0.931. The van der Waals surface area contributed by atoms with E-state index in [1.807, 2.05) is 0 Å². The zero-order chi connectivity index (χ0) is 43.7. The number of benzene rings is 10. The van der Waals surface area contributed by atoms with Gasteiger partial charge in [0, 0.05) is 39.5 Å². The summed E-state index contributed by atoms with van der Waals surface area (Å²) in [6.07, 6.45) is 0. The molecule has 65 heavy (non-hydrogen) atoms. The van der Waals surface area contributed by atoms with Gasteiger partial charge in [-0.15, -0.1) is 0 Å². The minimum atomic E-state index is -0.0547. The second-order valence-electron chi connectivity index (χ2n) is 17.4. The van der Waals surface area contributed by atoms with Crippen LogP contribution in [0.15, 0.2) is 255 Å². The van der Waals surface area contributed by atoms with Gasteiger partial charge in [-0.2, -0.15) is 0 Å². The average Bonchev–Trinajstić information content (AvgIpc) is 3.61. The first kappa shape index (κ1) is 39.6. The van der Waals surface area contributed by atoms with Gasteiger partial charge < -0.3 is 9.80 Å². The molecule has 0 saturated heterocycles. The Hall–Kier alpha value is -8.20. The molecule has 2 heteroatoms. The largest absolute Gasteiger partial charge is 0.311 e. The van der Waals surface area contributed by atoms with E-state index in [0.29, 0.717) is 0 Å². The van der Waals surface area contributed by atoms with Crippen molar-refractivity contribution < 1.29 is 0 Å². The number of nitrogens with zero attached hydrogens (tertiary/aromatic N) is 2. The fourth-order valence-corrected chi connectivity index (χ4v) is 9.65. The van der Waals surface area contributed by atoms with E-state index in [1.165, 1.54) is 55.6 Å². The molecule has 0 atom stereocenters. The van der Waals surface area contributed by atoms with E-state index in [1.54, 1.807) is 0 Å². The van der Waals surface area contributed by atoms with Crippen LogP contribution in [0.25, 0.3) is 55.6 Å². The summed E-state index contributed by atoms with van der Waals surface area (Å²) in [5, 5.41) is 0. The molecule has 0 heterocycles. The van der Waals surface area contributed by atoms with E-state index >= 15 is 0 Å². The topological polar surface area (TPSA) is 6.48 Å². The Kier molecular flexibility index (Phi) is 10.3. The molecule has 0 radical (unpaired) electrons. The lowest BCUT2D eigenvalue weighted by atomic mass is 9.82. The van der Waals surface area contributed by atoms with Crippen LogP contribution in [-0.4, -0.2) is 0 Å². The highest BCUT2D eigenvalue weighted by molar-refractivity contribution is 5.88. The lowest BCUT2D eigenvalue weighted by Gasteiger charge is -2.27. The first-order valence-electron chi connectivity index (χ1n) is 22.5. The standard InChI is InChI=1S/C63H48N2/c1-63(2)61-21-13-12-20-59(61)60-44-58(42-43-62(60)63)65(56-38-26-50(27-39-56)47-18-10-5-11-19-47)57-40-30-52(31-41-57)51-28-36-55(37-29-51)64(53-32-22-48(23-33-53)45-14-6-3-7-15-45)54-34-24-49(25-35-54)46-16-8-4-9-17-46/h3-44H,1-2H3. The first-order chi connectivity index (χ1) is 32.0. The van der Waals surface area contributed by atoms with Crippen LogP contribution in [0.2, 0.25) is 0 Å². The van der Waals surface area contributed by atoms with Crippen molar-refractivity contribution in [3.8, 4) is 55.6 Å². The Bertz CT molecular complexity index is 3130. The van der Waals surface area contributed by atoms with Gasteiger partial charge in [0.15, 0.2) is 0 Å². The SMILES string of the molecule is CC1(C)c2ccccc2-c2cc(N(c3ccc(-c4ccccc4)cc3)c3ccc(-c4ccc(N(c5ccc(-c6ccccc6)cc5)c5ccc(-c6ccccc6)cc5)cc4)cc3)ccc21. The van der Waals surface area contributed by atoms with E-state index < -0.39 is 0 Å². The molecule has 0 aromatic heterocycles. The van der Waals surface area contributed by atoms with E-state index in [4.69, 9.17) is 0 Å². The molecule has 0 bridgehead atoms. The zero-order valence-corrected chi connectivity index (χ0v) is 36.6. The van der Waals surface area contributed by atoms with Crippen LogP contribution in [-0.2, 0) is 5.41 Å². The molecule has 310 valence electrons. The Morgan fingerprint density at radius 1 is 0.231 bits per heavy atom. The maximum Gasteiger partial charge on any atom is 0.0468 e. The van der Waals surface area contributed by atoms with Gasteiger partial charge in [0.05, 0.1) is 0 Å². The number of rotatable bonds is 10. The summed E-state index contributed by atoms with van der Waals surface area (Å²) >= 11 is 0. The molecule has 1 aliphatic carbocycles. The second-order valence-corrected chi connectivity index (χ2v) is 17.4. The molecule has 0 fully saturated rings. The highest BCUT2D eigenvalue weighted by Gasteiger charge is 2.35. The van der Waals surface area contributed by atoms with Crippen molar-refractivity contribution in [2.24, 2.45) is 0 Å². The Morgan fingerprint density at radius 2 is 0.492 bits per heavy atom. The van der Waals surface area contributed by atoms with Crippen LogP contribution in [0.4, 0.5) is 34.1 Å². The fraction of sp³-hybridized carbons (Fsp3) is 0.0476. The second kappa shape index (κ2) is 16.8. The van der Waals surface area contributed by atoms with Crippen molar-refractivity contribution in [1.82, 2.24) is 0 Å². The summed E-state index contributed by atoms with van der Waals surface area (Å²) in [4.78, 5) is 4.73. The van der Waals surface area contributed by atoms with Gasteiger partial charge in [-0.3, -0.25) is 0 Å². The van der Waals surface area contributed by atoms with E-state index in [9.17, 15) is 0 Å². The summed E-state index contributed by atoms with van der Waals surface area (Å²) in [6, 6.07) is 92.3. The molecule has 0 unspecified atom stereocenters. The van der Waals surface area contributed by atoms with Crippen LogP contribution in [0.3, 0.4) is 0 Å². The third-order valence-electron chi connectivity index (χ3n) is 13.1. The molecular formula is C63H48N2. The highest BCUT2D eigenvalue weighted by atomic mass is 15.1. The fourth-order valence-electron chi connectivity index (χ4n) is 9.65. The minimum absolute atomic E-state index is 0.0547. The van der Waals surface area contributed by atoms with Crippen molar-refractivity contribution in [1.29, 1.82) is 0 Å². The third-order valence-corrected chi connectivity index (χ3v) is 13.1. The van der Waals surface area contributed by atoms with Crippen molar-refractivity contribution in [3.63, 3.8) is 0 Å². The van der Waals surface area contributed by atoms with E-state index in [0.717, 1.165) is 45.3 Å². The van der Waals surface area contributed by atoms with Gasteiger partial charge in [-0.1, -0.05) is 196 Å². The maximum atomic E-state index is 2.39. The molecular weight excluding hydrogens is 785 g/mol. The van der Waals surface area contributed by atoms with Gasteiger partial charge in [-0.25, -0.2) is 0 Å². The van der Waals surface area contributed by atoms with Gasteiger partial charge >= 0.3 is 0 Å². The zero-order valence-electron chi connectivity index (χ0n) is 36.6. The average molecular weight is 833 g/mol. The van der Waals surface area contributed by atoms with Crippen LogP contribution in [0, 0.1) is 0 Å². The number of fused-ring (bicyclic) bond motifs is 3. The predicted octanol–water partition coefficient (Wildman–Crippen LogP) is 17.6. The smallest absolute Gasteiger partial charge is 0.0468 e. The molecule has 1 aliphatic rings. The molecule has 11 rings (SSSR count). The summed E-state index contributed by atoms with van der Waals surface area (Å²) in [5.41, 5.74) is 21.5. The Labute approximate surface area is 383 Å². The number of hydrogen-bond acceptors (Lipinski definition) is 2. The molecule has 0 spiro atoms. The third kappa shape index (κ3) is 7.60. The van der Waals surface area contributed by atoms with E-state index in [-0.39, 0.29) is 5.41 Å². The monoisotopic (exact) mass is 832 g/mol. The molecule has 0 saturated carbocycles. The normalized spacial score (nSPS) is 12.3. The van der Waals surface area contributed by atoms with Gasteiger partial charge in [0.2, 0.25) is 0 Å². The van der Waals surface area contributed by atoms with Gasteiger partial charge in [0.25, 0.3) is 0 Å². The summed E-state index contributed by atoms with van der Waals surface area (Å²) in [5.74, 6) is 0. The summed E-state index contributed by atoms with van der Waals surface area (Å²) < 4.78 is 0. The van der Waals surface area contributed by atoms with Crippen LogP contribution in [0.5, 0.6) is 0 Å². The van der Waals surface area contributed by atoms with Gasteiger partial charge in [-0.05, 0) is 140 Å². The van der Waals surface area contributed by atoms with Crippen molar-refractivity contribution in [3.05, 3.63) is 266 Å². The van der Waals surface area contributed by atoms with Crippen LogP contribution < -0.4 is 9.80 Å². The Morgan fingerprint density at radius 3 is 0.846 bits per heavy atom. The summed E-state index contributed by atoms with van der Waals surface area (Å²) in [6.45, 7) is 4.68. The molecule has 10 aromatic carbocycles. The minimum Gasteiger partial charge on any atom is -0.311 e. The summed E-state index contributed by atoms with van der Waals surface area (Å²) in [7, 11) is 0. The lowest BCUT2D eigenvalue weighted by molar-refractivity contribution is 0.660. The molecule has 2 nitrogen and oxygen atoms in total. The molecule has 10 aromatic rings. The molecule has 0 amide bonds. The quantitative estimate of drug-likeness (QED) is 0.135. The highest BCUT2D eigenvalue weighted by Crippen LogP contribution is 2.51. The van der Waals surface area contributed by atoms with E-state index in [2.05, 4.69) is 278 Å². The lowest BCUT2D eigenvalue weighted by Crippen LogP contribution is -2.15. The van der Waals surface area contributed by atoms with Crippen LogP contribution in [0.1, 0.15) is 25.0 Å². The van der Waals surface area contributed by atoms with Crippen molar-refractivity contribution in [2.45, 2.75) is 19.3 Å². The van der Waals surface area contributed by atoms with Crippen LogP contribution >= 0.6 is 0 Å². The van der Waals surface area contributed by atoms with Crippen molar-refractivity contribution >= 4 is 34.1 Å². The predicted molar refractivity (Wildman–Crippen MR) is 275 cm³/mol.